The van der Waals surface area contributed by atoms with Crippen LogP contribution in [-0.4, -0.2) is 72.1 Å². The molecule has 11 heteroatoms. The predicted octanol–water partition coefficient (Wildman–Crippen LogP) is 1.03. The van der Waals surface area contributed by atoms with Crippen molar-refractivity contribution in [2.75, 3.05) is 19.6 Å². The topological polar surface area (TPSA) is 154 Å². The van der Waals surface area contributed by atoms with Crippen molar-refractivity contribution in [3.8, 4) is 0 Å². The lowest BCUT2D eigenvalue weighted by Gasteiger charge is -2.30. The number of nitrogens with zero attached hydrogens (tertiary/aromatic N) is 1. The Bertz CT molecular complexity index is 944. The molecule has 1 aliphatic carbocycles. The summed E-state index contributed by atoms with van der Waals surface area (Å²) in [6.45, 7) is 11.7. The second-order valence-corrected chi connectivity index (χ2v) is 11.9. The van der Waals surface area contributed by atoms with Gasteiger partial charge in [0, 0.05) is 43.1 Å². The maximum atomic E-state index is 12.7. The van der Waals surface area contributed by atoms with E-state index in [1.54, 1.807) is 27.7 Å². The van der Waals surface area contributed by atoms with E-state index in [1.807, 2.05) is 13.8 Å². The molecule has 0 saturated heterocycles. The van der Waals surface area contributed by atoms with Gasteiger partial charge in [0.25, 0.3) is 11.8 Å². The van der Waals surface area contributed by atoms with Gasteiger partial charge in [-0.1, -0.05) is 34.6 Å². The standard InChI is InChI=1S/C28H45N5O6/c1-17(2)23(32-24(36)18(3)31-27(39)28(4,5)6)26(38)30-15-7-14-29-25(37)20-10-8-19(9-11-20)16-33-21(34)12-13-22(33)35/h12-13,17-20,23H,7-11,14-16H2,1-6H3,(H,29,37)(H,30,38)(H,31,39)(H,32,36)/t18-,19?,20?,23-/m1/s1. The van der Waals surface area contributed by atoms with E-state index < -0.39 is 23.4 Å². The van der Waals surface area contributed by atoms with Crippen LogP contribution >= 0.6 is 0 Å². The summed E-state index contributed by atoms with van der Waals surface area (Å²) in [5, 5.41) is 11.1. The highest BCUT2D eigenvalue weighted by Gasteiger charge is 2.32. The summed E-state index contributed by atoms with van der Waals surface area (Å²) in [4.78, 5) is 74.8. The van der Waals surface area contributed by atoms with Crippen LogP contribution in [0, 0.1) is 23.2 Å². The molecule has 6 amide bonds. The van der Waals surface area contributed by atoms with Crippen LogP contribution in [-0.2, 0) is 28.8 Å². The third kappa shape index (κ3) is 9.78. The van der Waals surface area contributed by atoms with E-state index >= 15 is 0 Å². The van der Waals surface area contributed by atoms with Crippen LogP contribution in [0.2, 0.25) is 0 Å². The van der Waals surface area contributed by atoms with Crippen LogP contribution in [0.5, 0.6) is 0 Å². The molecule has 0 spiro atoms. The van der Waals surface area contributed by atoms with Gasteiger partial charge in [0.15, 0.2) is 0 Å². The molecule has 218 valence electrons. The first kappa shape index (κ1) is 32.0. The number of nitrogens with one attached hydrogen (secondary N) is 4. The maximum absolute atomic E-state index is 12.7. The molecule has 0 aromatic rings. The largest absolute Gasteiger partial charge is 0.356 e. The average Bonchev–Trinajstić information content (AvgIpc) is 3.18. The molecule has 39 heavy (non-hydrogen) atoms. The van der Waals surface area contributed by atoms with Crippen LogP contribution in [0.4, 0.5) is 0 Å². The van der Waals surface area contributed by atoms with E-state index in [0.29, 0.717) is 38.9 Å². The van der Waals surface area contributed by atoms with Gasteiger partial charge in [0.2, 0.25) is 23.6 Å². The van der Waals surface area contributed by atoms with E-state index in [9.17, 15) is 28.8 Å². The van der Waals surface area contributed by atoms with Gasteiger partial charge in [0.05, 0.1) is 0 Å². The molecular formula is C28H45N5O6. The quantitative estimate of drug-likeness (QED) is 0.211. The zero-order chi connectivity index (χ0) is 29.3. The Labute approximate surface area is 231 Å². The summed E-state index contributed by atoms with van der Waals surface area (Å²) in [5.74, 6) is -1.61. The van der Waals surface area contributed by atoms with Crippen molar-refractivity contribution in [3.63, 3.8) is 0 Å². The molecule has 1 saturated carbocycles. The Kier molecular flexibility index (Phi) is 11.7. The van der Waals surface area contributed by atoms with Gasteiger partial charge in [-0.3, -0.25) is 33.7 Å². The van der Waals surface area contributed by atoms with Gasteiger partial charge in [-0.15, -0.1) is 0 Å². The van der Waals surface area contributed by atoms with Crippen LogP contribution in [0.25, 0.3) is 0 Å². The fraction of sp³-hybridized carbons (Fsp3) is 0.714. The average molecular weight is 548 g/mol. The number of amides is 6. The minimum atomic E-state index is -0.779. The summed E-state index contributed by atoms with van der Waals surface area (Å²) in [7, 11) is 0. The van der Waals surface area contributed by atoms with E-state index in [4.69, 9.17) is 0 Å². The lowest BCUT2D eigenvalue weighted by molar-refractivity contribution is -0.138. The molecule has 1 heterocycles. The van der Waals surface area contributed by atoms with E-state index in [2.05, 4.69) is 21.3 Å². The normalized spacial score (nSPS) is 20.9. The van der Waals surface area contributed by atoms with Crippen molar-refractivity contribution in [1.82, 2.24) is 26.2 Å². The minimum Gasteiger partial charge on any atom is -0.356 e. The summed E-state index contributed by atoms with van der Waals surface area (Å²) in [6, 6.07) is -1.53. The molecule has 2 aliphatic rings. The van der Waals surface area contributed by atoms with E-state index in [0.717, 1.165) is 12.8 Å². The fourth-order valence-corrected chi connectivity index (χ4v) is 4.53. The van der Waals surface area contributed by atoms with Gasteiger partial charge >= 0.3 is 0 Å². The van der Waals surface area contributed by atoms with Gasteiger partial charge in [0.1, 0.15) is 12.1 Å². The smallest absolute Gasteiger partial charge is 0.253 e. The van der Waals surface area contributed by atoms with Crippen molar-refractivity contribution in [2.45, 2.75) is 85.7 Å². The second kappa shape index (κ2) is 14.2. The lowest BCUT2D eigenvalue weighted by atomic mass is 9.81. The molecule has 2 atom stereocenters. The van der Waals surface area contributed by atoms with E-state index in [1.165, 1.54) is 17.1 Å². The van der Waals surface area contributed by atoms with E-state index in [-0.39, 0.29) is 47.3 Å². The minimum absolute atomic E-state index is 0.0200. The molecule has 11 nitrogen and oxygen atoms in total. The molecule has 0 aromatic heterocycles. The number of imide groups is 1. The number of hydrogen-bond acceptors (Lipinski definition) is 6. The first-order chi connectivity index (χ1) is 18.2. The zero-order valence-corrected chi connectivity index (χ0v) is 24.1. The summed E-state index contributed by atoms with van der Waals surface area (Å²) in [5.41, 5.74) is -0.632. The van der Waals surface area contributed by atoms with Gasteiger partial charge in [-0.2, -0.15) is 0 Å². The highest BCUT2D eigenvalue weighted by Crippen LogP contribution is 2.30. The number of hydrogen-bond donors (Lipinski definition) is 4. The maximum Gasteiger partial charge on any atom is 0.253 e. The van der Waals surface area contributed by atoms with Crippen LogP contribution in [0.15, 0.2) is 12.2 Å². The van der Waals surface area contributed by atoms with Crippen LogP contribution in [0.1, 0.15) is 73.6 Å². The molecule has 0 unspecified atom stereocenters. The van der Waals surface area contributed by atoms with Crippen molar-refractivity contribution in [2.24, 2.45) is 23.2 Å². The molecule has 1 fully saturated rings. The molecular weight excluding hydrogens is 502 g/mol. The monoisotopic (exact) mass is 547 g/mol. The molecule has 1 aliphatic heterocycles. The number of carbonyl (C=O) groups excluding carboxylic acids is 6. The van der Waals surface area contributed by atoms with Crippen molar-refractivity contribution < 1.29 is 28.8 Å². The summed E-state index contributed by atoms with van der Waals surface area (Å²) >= 11 is 0. The lowest BCUT2D eigenvalue weighted by Crippen LogP contribution is -2.55. The Balaban J connectivity index is 1.66. The molecule has 4 N–H and O–H groups in total. The van der Waals surface area contributed by atoms with Crippen molar-refractivity contribution in [1.29, 1.82) is 0 Å². The third-order valence-electron chi connectivity index (χ3n) is 7.18. The van der Waals surface area contributed by atoms with Gasteiger partial charge in [-0.25, -0.2) is 0 Å². The highest BCUT2D eigenvalue weighted by molar-refractivity contribution is 6.12. The molecule has 0 radical (unpaired) electrons. The SMILES string of the molecule is CC(C)[C@@H](NC(=O)[C@@H](C)NC(=O)C(C)(C)C)C(=O)NCCCNC(=O)C1CCC(CN2C(=O)C=CC2=O)CC1. The fourth-order valence-electron chi connectivity index (χ4n) is 4.53. The van der Waals surface area contributed by atoms with Crippen molar-refractivity contribution in [3.05, 3.63) is 12.2 Å². The zero-order valence-electron chi connectivity index (χ0n) is 24.1. The second-order valence-electron chi connectivity index (χ2n) is 11.9. The number of carbonyl (C=O) groups is 6. The summed E-state index contributed by atoms with van der Waals surface area (Å²) in [6.07, 6.45) is 6.11. The highest BCUT2D eigenvalue weighted by atomic mass is 16.2. The first-order valence-corrected chi connectivity index (χ1v) is 13.9. The predicted molar refractivity (Wildman–Crippen MR) is 146 cm³/mol. The molecule has 2 rings (SSSR count). The number of rotatable bonds is 12. The van der Waals surface area contributed by atoms with Crippen LogP contribution < -0.4 is 21.3 Å². The Morgan fingerprint density at radius 3 is 1.97 bits per heavy atom. The molecule has 0 aromatic carbocycles. The van der Waals surface area contributed by atoms with Crippen LogP contribution in [0.3, 0.4) is 0 Å². The third-order valence-corrected chi connectivity index (χ3v) is 7.18. The molecule has 0 bridgehead atoms. The Hall–Kier alpha value is -3.24. The summed E-state index contributed by atoms with van der Waals surface area (Å²) < 4.78 is 0. The Morgan fingerprint density at radius 2 is 1.44 bits per heavy atom. The van der Waals surface area contributed by atoms with Gasteiger partial charge < -0.3 is 21.3 Å². The first-order valence-electron chi connectivity index (χ1n) is 13.9. The van der Waals surface area contributed by atoms with Crippen molar-refractivity contribution >= 4 is 35.4 Å². The Morgan fingerprint density at radius 1 is 0.872 bits per heavy atom. The van der Waals surface area contributed by atoms with Gasteiger partial charge in [-0.05, 0) is 50.9 Å².